The van der Waals surface area contributed by atoms with Gasteiger partial charge in [-0.3, -0.25) is 4.79 Å². The molecule has 26 heavy (non-hydrogen) atoms. The van der Waals surface area contributed by atoms with Crippen molar-refractivity contribution in [2.24, 2.45) is 11.7 Å². The minimum Gasteiger partial charge on any atom is -0.395 e. The number of rotatable bonds is 8. The summed E-state index contributed by atoms with van der Waals surface area (Å²) in [6.07, 6.45) is 4.41. The highest BCUT2D eigenvalue weighted by atomic mass is 16.5. The Hall–Kier alpha value is -1.93. The molecule has 1 aromatic rings. The van der Waals surface area contributed by atoms with E-state index in [1.54, 1.807) is 0 Å². The van der Waals surface area contributed by atoms with E-state index in [0.29, 0.717) is 37.4 Å². The van der Waals surface area contributed by atoms with E-state index in [0.717, 1.165) is 56.9 Å². The molecule has 3 rings (SSSR count). The molecule has 8 heteroatoms. The average Bonchev–Trinajstić information content (AvgIpc) is 3.20. The third-order valence-corrected chi connectivity index (χ3v) is 5.21. The second-order valence-electron chi connectivity index (χ2n) is 7.12. The zero-order chi connectivity index (χ0) is 18.4. The Kier molecular flexibility index (Phi) is 6.62. The molecule has 0 unspecified atom stereocenters. The molecule has 2 saturated heterocycles. The molecule has 0 aromatic carbocycles. The van der Waals surface area contributed by atoms with Gasteiger partial charge < -0.3 is 25.8 Å². The fourth-order valence-electron chi connectivity index (χ4n) is 3.64. The van der Waals surface area contributed by atoms with Gasteiger partial charge in [0, 0.05) is 44.6 Å². The number of primary amides is 1. The van der Waals surface area contributed by atoms with Gasteiger partial charge in [-0.25, -0.2) is 4.98 Å². The molecule has 1 aromatic heterocycles. The van der Waals surface area contributed by atoms with Crippen LogP contribution in [0.4, 0.5) is 11.8 Å². The lowest BCUT2D eigenvalue weighted by Crippen LogP contribution is -2.35. The second kappa shape index (κ2) is 9.14. The summed E-state index contributed by atoms with van der Waals surface area (Å²) in [6, 6.07) is 2.08. The Morgan fingerprint density at radius 1 is 1.35 bits per heavy atom. The molecule has 2 fully saturated rings. The Morgan fingerprint density at radius 2 is 2.15 bits per heavy atom. The molecule has 0 bridgehead atoms. The van der Waals surface area contributed by atoms with Crippen molar-refractivity contribution in [1.29, 1.82) is 0 Å². The molecule has 1 atom stereocenters. The number of carbonyl (C=O) groups excluding carboxylic acids is 1. The summed E-state index contributed by atoms with van der Waals surface area (Å²) in [5, 5.41) is 12.2. The van der Waals surface area contributed by atoms with Gasteiger partial charge in [0.1, 0.15) is 5.82 Å². The number of amides is 1. The van der Waals surface area contributed by atoms with Crippen LogP contribution >= 0.6 is 0 Å². The Morgan fingerprint density at radius 3 is 2.81 bits per heavy atom. The van der Waals surface area contributed by atoms with E-state index in [-0.39, 0.29) is 12.5 Å². The summed E-state index contributed by atoms with van der Waals surface area (Å²) < 4.78 is 5.51. The third kappa shape index (κ3) is 5.04. The predicted octanol–water partition coefficient (Wildman–Crippen LogP) is 0.867. The highest BCUT2D eigenvalue weighted by molar-refractivity contribution is 5.73. The highest BCUT2D eigenvalue weighted by Gasteiger charge is 2.24. The summed E-state index contributed by atoms with van der Waals surface area (Å²) in [5.41, 5.74) is 6.26. The number of aliphatic hydroxyl groups is 1. The molecule has 1 amide bonds. The van der Waals surface area contributed by atoms with Gasteiger partial charge in [-0.05, 0) is 31.6 Å². The van der Waals surface area contributed by atoms with Crippen LogP contribution in [0.15, 0.2) is 6.07 Å². The standard InChI is InChI=1S/C18H29N5O3/c19-16(25)2-1-13-3-7-23(8-4-13)17-11-15(14-5-10-26-12-14)21-18(22-17)20-6-9-24/h11,13-14,24H,1-10,12H2,(H2,19,25)(H,20,21,22)/t14-/m1/s1. The summed E-state index contributed by atoms with van der Waals surface area (Å²) >= 11 is 0. The number of nitrogens with two attached hydrogens (primary N) is 1. The van der Waals surface area contributed by atoms with Crippen molar-refractivity contribution >= 4 is 17.7 Å². The molecule has 4 N–H and O–H groups in total. The maximum atomic E-state index is 11.0. The molecular formula is C18H29N5O3. The van der Waals surface area contributed by atoms with Crippen molar-refractivity contribution in [3.05, 3.63) is 11.8 Å². The van der Waals surface area contributed by atoms with Crippen LogP contribution in [0.2, 0.25) is 0 Å². The predicted molar refractivity (Wildman–Crippen MR) is 99.1 cm³/mol. The second-order valence-corrected chi connectivity index (χ2v) is 7.12. The molecule has 3 heterocycles. The SMILES string of the molecule is NC(=O)CCC1CCN(c2cc([C@@H]3CCOC3)nc(NCCO)n2)CC1. The quantitative estimate of drug-likeness (QED) is 0.628. The van der Waals surface area contributed by atoms with E-state index >= 15 is 0 Å². The third-order valence-electron chi connectivity index (χ3n) is 5.21. The molecular weight excluding hydrogens is 334 g/mol. The zero-order valence-corrected chi connectivity index (χ0v) is 15.2. The van der Waals surface area contributed by atoms with Gasteiger partial charge in [-0.1, -0.05) is 0 Å². The number of hydrogen-bond acceptors (Lipinski definition) is 7. The van der Waals surface area contributed by atoms with Crippen molar-refractivity contribution in [3.63, 3.8) is 0 Å². The molecule has 0 spiro atoms. The van der Waals surface area contributed by atoms with E-state index < -0.39 is 0 Å². The van der Waals surface area contributed by atoms with Crippen LogP contribution in [0.1, 0.15) is 43.7 Å². The van der Waals surface area contributed by atoms with Crippen LogP contribution in [0, 0.1) is 5.92 Å². The van der Waals surface area contributed by atoms with Crippen LogP contribution in [0.25, 0.3) is 0 Å². The maximum absolute atomic E-state index is 11.0. The number of aliphatic hydroxyl groups excluding tert-OH is 1. The minimum absolute atomic E-state index is 0.0424. The topological polar surface area (TPSA) is 114 Å². The van der Waals surface area contributed by atoms with Crippen molar-refractivity contribution in [2.45, 2.75) is 38.0 Å². The van der Waals surface area contributed by atoms with E-state index in [1.807, 2.05) is 0 Å². The number of piperidine rings is 1. The summed E-state index contributed by atoms with van der Waals surface area (Å²) in [7, 11) is 0. The van der Waals surface area contributed by atoms with Crippen molar-refractivity contribution < 1.29 is 14.6 Å². The number of ether oxygens (including phenoxy) is 1. The van der Waals surface area contributed by atoms with Crippen LogP contribution in [0.5, 0.6) is 0 Å². The molecule has 144 valence electrons. The zero-order valence-electron chi connectivity index (χ0n) is 15.2. The maximum Gasteiger partial charge on any atom is 0.224 e. The van der Waals surface area contributed by atoms with Crippen LogP contribution in [-0.2, 0) is 9.53 Å². The van der Waals surface area contributed by atoms with Gasteiger partial charge in [0.05, 0.1) is 18.9 Å². The van der Waals surface area contributed by atoms with E-state index in [1.165, 1.54) is 0 Å². The van der Waals surface area contributed by atoms with Crippen LogP contribution < -0.4 is 16.0 Å². The van der Waals surface area contributed by atoms with Gasteiger partial charge in [0.15, 0.2) is 0 Å². The lowest BCUT2D eigenvalue weighted by molar-refractivity contribution is -0.118. The number of carbonyl (C=O) groups is 1. The van der Waals surface area contributed by atoms with Crippen LogP contribution in [-0.4, -0.2) is 60.4 Å². The van der Waals surface area contributed by atoms with Gasteiger partial charge in [0.25, 0.3) is 0 Å². The summed E-state index contributed by atoms with van der Waals surface area (Å²) in [6.45, 7) is 3.78. The van der Waals surface area contributed by atoms with Gasteiger partial charge in [0.2, 0.25) is 11.9 Å². The van der Waals surface area contributed by atoms with Crippen molar-refractivity contribution in [1.82, 2.24) is 9.97 Å². The van der Waals surface area contributed by atoms with Gasteiger partial charge >= 0.3 is 0 Å². The fraction of sp³-hybridized carbons (Fsp3) is 0.722. The normalized spacial score (nSPS) is 21.1. The smallest absolute Gasteiger partial charge is 0.224 e. The molecule has 0 saturated carbocycles. The molecule has 0 aliphatic carbocycles. The van der Waals surface area contributed by atoms with Crippen molar-refractivity contribution in [3.8, 4) is 0 Å². The number of anilines is 2. The van der Waals surface area contributed by atoms with Crippen molar-refractivity contribution in [2.75, 3.05) is 49.7 Å². The number of nitrogens with one attached hydrogen (secondary N) is 1. The Bertz CT molecular complexity index is 598. The lowest BCUT2D eigenvalue weighted by atomic mass is 9.92. The van der Waals surface area contributed by atoms with Gasteiger partial charge in [-0.15, -0.1) is 0 Å². The molecule has 2 aliphatic heterocycles. The van der Waals surface area contributed by atoms with Gasteiger partial charge in [-0.2, -0.15) is 4.98 Å². The summed E-state index contributed by atoms with van der Waals surface area (Å²) in [5.74, 6) is 2.13. The van der Waals surface area contributed by atoms with E-state index in [9.17, 15) is 4.79 Å². The first kappa shape index (κ1) is 18.8. The molecule has 2 aliphatic rings. The number of aromatic nitrogens is 2. The first-order valence-corrected chi connectivity index (χ1v) is 9.50. The first-order chi connectivity index (χ1) is 12.7. The molecule has 8 nitrogen and oxygen atoms in total. The highest BCUT2D eigenvalue weighted by Crippen LogP contribution is 2.30. The van der Waals surface area contributed by atoms with E-state index in [4.69, 9.17) is 15.6 Å². The Balaban J connectivity index is 1.68. The largest absolute Gasteiger partial charge is 0.395 e. The lowest BCUT2D eigenvalue weighted by Gasteiger charge is -2.33. The van der Waals surface area contributed by atoms with E-state index in [2.05, 4.69) is 26.3 Å². The number of hydrogen-bond donors (Lipinski definition) is 3. The Labute approximate surface area is 154 Å². The fourth-order valence-corrected chi connectivity index (χ4v) is 3.64. The molecule has 0 radical (unpaired) electrons. The monoisotopic (exact) mass is 363 g/mol. The first-order valence-electron chi connectivity index (χ1n) is 9.50. The number of nitrogens with zero attached hydrogens (tertiary/aromatic N) is 3. The minimum atomic E-state index is -0.216. The average molecular weight is 363 g/mol. The summed E-state index contributed by atoms with van der Waals surface area (Å²) in [4.78, 5) is 22.5. The van der Waals surface area contributed by atoms with Crippen LogP contribution in [0.3, 0.4) is 0 Å².